The van der Waals surface area contributed by atoms with Crippen LogP contribution in [-0.4, -0.2) is 48.2 Å². The second-order valence-corrected chi connectivity index (χ2v) is 9.15. The minimum Gasteiger partial charge on any atom is -0.457 e. The van der Waals surface area contributed by atoms with Crippen molar-refractivity contribution in [2.45, 2.75) is 39.4 Å². The van der Waals surface area contributed by atoms with Gasteiger partial charge in [0.1, 0.15) is 24.6 Å². The first-order chi connectivity index (χ1) is 16.0. The Morgan fingerprint density at radius 1 is 1.09 bits per heavy atom. The number of anilines is 1. The lowest BCUT2D eigenvalue weighted by Gasteiger charge is -2.30. The summed E-state index contributed by atoms with van der Waals surface area (Å²) in [5, 5.41) is 6.10. The van der Waals surface area contributed by atoms with Crippen molar-refractivity contribution in [3.8, 4) is 0 Å². The van der Waals surface area contributed by atoms with Gasteiger partial charge in [-0.25, -0.2) is 14.0 Å². The first kappa shape index (κ1) is 25.3. The van der Waals surface area contributed by atoms with E-state index in [1.807, 2.05) is 0 Å². The Bertz CT molecular complexity index is 1060. The van der Waals surface area contributed by atoms with Gasteiger partial charge in [0.05, 0.1) is 11.3 Å². The molecule has 0 saturated carbocycles. The summed E-state index contributed by atoms with van der Waals surface area (Å²) < 4.78 is 24.8. The number of carbonyl (C=O) groups is 3. The van der Waals surface area contributed by atoms with Gasteiger partial charge in [-0.05, 0) is 63.1 Å². The Balaban J connectivity index is 1.65. The molecule has 0 aliphatic carbocycles. The van der Waals surface area contributed by atoms with Crippen LogP contribution in [0.15, 0.2) is 42.5 Å². The van der Waals surface area contributed by atoms with Gasteiger partial charge in [0.2, 0.25) is 0 Å². The molecule has 3 rings (SSSR count). The summed E-state index contributed by atoms with van der Waals surface area (Å²) >= 11 is 5.85. The molecule has 1 aliphatic heterocycles. The van der Waals surface area contributed by atoms with Crippen LogP contribution in [0, 0.1) is 5.82 Å². The van der Waals surface area contributed by atoms with E-state index in [-0.39, 0.29) is 24.6 Å². The molecule has 1 heterocycles. The fraction of sp³-hybridized carbons (Fsp3) is 0.375. The van der Waals surface area contributed by atoms with Crippen LogP contribution >= 0.6 is 11.6 Å². The maximum Gasteiger partial charge on any atom is 0.408 e. The fourth-order valence-corrected chi connectivity index (χ4v) is 3.46. The van der Waals surface area contributed by atoms with Gasteiger partial charge in [-0.3, -0.25) is 14.8 Å². The molecule has 0 bridgehead atoms. The van der Waals surface area contributed by atoms with E-state index in [2.05, 4.69) is 5.32 Å². The topological polar surface area (TPSA) is 88.2 Å². The molecule has 1 fully saturated rings. The number of alkyl carbamates (subject to hydrolysis) is 1. The van der Waals surface area contributed by atoms with Crippen molar-refractivity contribution in [3.05, 3.63) is 64.4 Å². The Kier molecular flexibility index (Phi) is 7.98. The van der Waals surface area contributed by atoms with Gasteiger partial charge in [-0.2, -0.15) is 0 Å². The zero-order chi connectivity index (χ0) is 24.9. The number of amides is 2. The van der Waals surface area contributed by atoms with Gasteiger partial charge in [0.25, 0.3) is 5.91 Å². The molecular weight excluding hydrogens is 465 g/mol. The van der Waals surface area contributed by atoms with Gasteiger partial charge in [-0.1, -0.05) is 23.7 Å². The quantitative estimate of drug-likeness (QED) is 0.606. The van der Waals surface area contributed by atoms with Crippen molar-refractivity contribution < 1.29 is 28.2 Å². The molecule has 0 radical (unpaired) electrons. The van der Waals surface area contributed by atoms with Crippen molar-refractivity contribution in [2.75, 3.05) is 24.6 Å². The second-order valence-electron chi connectivity index (χ2n) is 8.72. The number of halogens is 2. The number of benzene rings is 2. The Morgan fingerprint density at radius 2 is 1.79 bits per heavy atom. The number of hydrogen-bond acceptors (Lipinski definition) is 6. The van der Waals surface area contributed by atoms with E-state index in [9.17, 15) is 18.8 Å². The van der Waals surface area contributed by atoms with Crippen LogP contribution in [0.1, 0.15) is 43.1 Å². The van der Waals surface area contributed by atoms with Crippen LogP contribution in [0.2, 0.25) is 5.02 Å². The van der Waals surface area contributed by atoms with Gasteiger partial charge >= 0.3 is 12.1 Å². The van der Waals surface area contributed by atoms with E-state index in [4.69, 9.17) is 21.1 Å². The average Bonchev–Trinajstić information content (AvgIpc) is 3.26. The lowest BCUT2D eigenvalue weighted by atomic mass is 10.2. The molecule has 0 aromatic heterocycles. The summed E-state index contributed by atoms with van der Waals surface area (Å²) in [6.07, 6.45) is -0.0228. The summed E-state index contributed by atoms with van der Waals surface area (Å²) in [6, 6.07) is 10.8. The SMILES string of the molecule is CC(C)(C)OC(=O)NCC(=O)N1CCCN1c1ccc(F)c(C(=O)OCc2ccc(Cl)cc2)c1. The van der Waals surface area contributed by atoms with Gasteiger partial charge in [-0.15, -0.1) is 0 Å². The Labute approximate surface area is 202 Å². The van der Waals surface area contributed by atoms with Crippen LogP contribution in [0.25, 0.3) is 0 Å². The molecule has 2 amide bonds. The van der Waals surface area contributed by atoms with Crippen LogP contribution in [-0.2, 0) is 20.9 Å². The second kappa shape index (κ2) is 10.7. The Morgan fingerprint density at radius 3 is 2.47 bits per heavy atom. The van der Waals surface area contributed by atoms with Crippen molar-refractivity contribution in [1.29, 1.82) is 0 Å². The van der Waals surface area contributed by atoms with Gasteiger partial charge < -0.3 is 14.8 Å². The van der Waals surface area contributed by atoms with E-state index >= 15 is 0 Å². The number of carbonyl (C=O) groups excluding carboxylic acids is 3. The molecule has 2 aromatic carbocycles. The minimum absolute atomic E-state index is 0.0374. The standard InChI is InChI=1S/C24H27ClFN3O5/c1-24(2,3)34-23(32)27-14-21(30)29-12-4-11-28(29)18-9-10-20(26)19(13-18)22(31)33-15-16-5-7-17(25)8-6-16/h5-10,13H,4,11-12,14-15H2,1-3H3,(H,27,32). The number of rotatable bonds is 6. The zero-order valence-electron chi connectivity index (χ0n) is 19.3. The third kappa shape index (κ3) is 6.84. The lowest BCUT2D eigenvalue weighted by Crippen LogP contribution is -2.47. The zero-order valence-corrected chi connectivity index (χ0v) is 20.0. The number of nitrogens with one attached hydrogen (secondary N) is 1. The number of nitrogens with zero attached hydrogens (tertiary/aromatic N) is 2. The van der Waals surface area contributed by atoms with Crippen molar-refractivity contribution >= 4 is 35.3 Å². The first-order valence-corrected chi connectivity index (χ1v) is 11.2. The molecule has 10 heteroatoms. The van der Waals surface area contributed by atoms with Gasteiger partial charge in [0.15, 0.2) is 0 Å². The first-order valence-electron chi connectivity index (χ1n) is 10.8. The van der Waals surface area contributed by atoms with Crippen molar-refractivity contribution in [1.82, 2.24) is 10.3 Å². The number of hydrazine groups is 1. The highest BCUT2D eigenvalue weighted by Crippen LogP contribution is 2.25. The van der Waals surface area contributed by atoms with Crippen LogP contribution in [0.3, 0.4) is 0 Å². The third-order valence-electron chi connectivity index (χ3n) is 4.85. The molecule has 1 saturated heterocycles. The fourth-order valence-electron chi connectivity index (χ4n) is 3.33. The molecule has 34 heavy (non-hydrogen) atoms. The summed E-state index contributed by atoms with van der Waals surface area (Å²) in [7, 11) is 0. The van der Waals surface area contributed by atoms with E-state index in [0.717, 1.165) is 6.07 Å². The predicted molar refractivity (Wildman–Crippen MR) is 125 cm³/mol. The Hall–Kier alpha value is -3.33. The molecule has 1 aliphatic rings. The highest BCUT2D eigenvalue weighted by Gasteiger charge is 2.29. The highest BCUT2D eigenvalue weighted by atomic mass is 35.5. The van der Waals surface area contributed by atoms with Crippen molar-refractivity contribution in [2.24, 2.45) is 0 Å². The third-order valence-corrected chi connectivity index (χ3v) is 5.11. The summed E-state index contributed by atoms with van der Waals surface area (Å²) in [4.78, 5) is 37.1. The normalized spacial score (nSPS) is 13.6. The molecule has 0 unspecified atom stereocenters. The number of hydrogen-bond donors (Lipinski definition) is 1. The van der Waals surface area contributed by atoms with Gasteiger partial charge in [0, 0.05) is 18.1 Å². The van der Waals surface area contributed by atoms with E-state index < -0.39 is 23.5 Å². The van der Waals surface area contributed by atoms with Crippen LogP contribution in [0.4, 0.5) is 14.9 Å². The highest BCUT2D eigenvalue weighted by molar-refractivity contribution is 6.30. The molecular formula is C24H27ClFN3O5. The summed E-state index contributed by atoms with van der Waals surface area (Å²) in [6.45, 7) is 5.79. The average molecular weight is 492 g/mol. The summed E-state index contributed by atoms with van der Waals surface area (Å²) in [5.41, 5.74) is 0.253. The van der Waals surface area contributed by atoms with E-state index in [1.54, 1.807) is 50.0 Å². The van der Waals surface area contributed by atoms with Crippen LogP contribution in [0.5, 0.6) is 0 Å². The maximum atomic E-state index is 14.4. The smallest absolute Gasteiger partial charge is 0.408 e. The van der Waals surface area contributed by atoms with E-state index in [0.29, 0.717) is 35.8 Å². The predicted octanol–water partition coefficient (Wildman–Crippen LogP) is 4.31. The molecule has 182 valence electrons. The molecule has 1 N–H and O–H groups in total. The number of ether oxygens (including phenoxy) is 2. The molecule has 0 spiro atoms. The van der Waals surface area contributed by atoms with Crippen molar-refractivity contribution in [3.63, 3.8) is 0 Å². The lowest BCUT2D eigenvalue weighted by molar-refractivity contribution is -0.129. The monoisotopic (exact) mass is 491 g/mol. The number of esters is 1. The largest absolute Gasteiger partial charge is 0.457 e. The maximum absolute atomic E-state index is 14.4. The minimum atomic E-state index is -0.821. The molecule has 8 nitrogen and oxygen atoms in total. The molecule has 2 aromatic rings. The van der Waals surface area contributed by atoms with E-state index in [1.165, 1.54) is 17.1 Å². The van der Waals surface area contributed by atoms with Crippen LogP contribution < -0.4 is 10.3 Å². The summed E-state index contributed by atoms with van der Waals surface area (Å²) in [5.74, 6) is -1.91. The molecule has 0 atom stereocenters.